The van der Waals surface area contributed by atoms with Crippen molar-refractivity contribution in [1.82, 2.24) is 10.6 Å². The first-order valence-corrected chi connectivity index (χ1v) is 7.94. The Balaban J connectivity index is 1.83. The third-order valence-corrected chi connectivity index (χ3v) is 4.28. The molecule has 0 heterocycles. The highest BCUT2D eigenvalue weighted by molar-refractivity contribution is 9.10. The molecule has 0 spiro atoms. The van der Waals surface area contributed by atoms with Crippen LogP contribution in [0.2, 0.25) is 0 Å². The quantitative estimate of drug-likeness (QED) is 0.756. The SMILES string of the molecule is O=C(N/C=C/c1ccccc1Br)NCc1ccccc1Br. The normalized spacial score (nSPS) is 10.6. The molecule has 0 unspecified atom stereocenters. The van der Waals surface area contributed by atoms with Gasteiger partial charge >= 0.3 is 6.03 Å². The molecule has 2 rings (SSSR count). The summed E-state index contributed by atoms with van der Waals surface area (Å²) in [7, 11) is 0. The molecule has 0 aliphatic carbocycles. The number of amides is 2. The molecule has 0 bridgehead atoms. The van der Waals surface area contributed by atoms with Gasteiger partial charge in [0, 0.05) is 21.7 Å². The molecule has 21 heavy (non-hydrogen) atoms. The maximum atomic E-state index is 11.7. The van der Waals surface area contributed by atoms with E-state index in [-0.39, 0.29) is 6.03 Å². The van der Waals surface area contributed by atoms with Crippen molar-refractivity contribution in [3.05, 3.63) is 74.8 Å². The Kier molecular flexibility index (Phi) is 6.02. The van der Waals surface area contributed by atoms with Crippen LogP contribution in [0.4, 0.5) is 4.79 Å². The second kappa shape index (κ2) is 8.00. The third-order valence-electron chi connectivity index (χ3n) is 2.78. The van der Waals surface area contributed by atoms with Crippen molar-refractivity contribution in [2.24, 2.45) is 0 Å². The van der Waals surface area contributed by atoms with Gasteiger partial charge in [0.1, 0.15) is 0 Å². The zero-order valence-corrected chi connectivity index (χ0v) is 14.3. The fourth-order valence-corrected chi connectivity index (χ4v) is 2.53. The van der Waals surface area contributed by atoms with E-state index in [1.807, 2.05) is 54.6 Å². The molecule has 0 aliphatic heterocycles. The first kappa shape index (κ1) is 15.8. The molecule has 108 valence electrons. The van der Waals surface area contributed by atoms with Gasteiger partial charge in [-0.2, -0.15) is 0 Å². The van der Waals surface area contributed by atoms with Crippen LogP contribution in [0.3, 0.4) is 0 Å². The fraction of sp³-hybridized carbons (Fsp3) is 0.0625. The van der Waals surface area contributed by atoms with Crippen LogP contribution in [-0.4, -0.2) is 6.03 Å². The summed E-state index contributed by atoms with van der Waals surface area (Å²) in [6.45, 7) is 0.468. The average Bonchev–Trinajstić information content (AvgIpc) is 2.48. The van der Waals surface area contributed by atoms with Crippen molar-refractivity contribution < 1.29 is 4.79 Å². The Morgan fingerprint density at radius 2 is 1.67 bits per heavy atom. The van der Waals surface area contributed by atoms with E-state index < -0.39 is 0 Å². The first-order chi connectivity index (χ1) is 10.2. The molecule has 0 atom stereocenters. The van der Waals surface area contributed by atoms with E-state index in [9.17, 15) is 4.79 Å². The van der Waals surface area contributed by atoms with Crippen LogP contribution in [0.1, 0.15) is 11.1 Å². The number of nitrogens with one attached hydrogen (secondary N) is 2. The molecule has 2 aromatic rings. The molecule has 2 amide bonds. The van der Waals surface area contributed by atoms with E-state index in [1.54, 1.807) is 6.20 Å². The van der Waals surface area contributed by atoms with Crippen molar-refractivity contribution in [2.45, 2.75) is 6.54 Å². The highest BCUT2D eigenvalue weighted by atomic mass is 79.9. The highest BCUT2D eigenvalue weighted by Crippen LogP contribution is 2.17. The van der Waals surface area contributed by atoms with Crippen molar-refractivity contribution >= 4 is 44.0 Å². The fourth-order valence-electron chi connectivity index (χ4n) is 1.69. The predicted molar refractivity (Wildman–Crippen MR) is 92.7 cm³/mol. The minimum absolute atomic E-state index is 0.242. The Morgan fingerprint density at radius 3 is 2.38 bits per heavy atom. The second-order valence-corrected chi connectivity index (χ2v) is 5.98. The number of halogens is 2. The Morgan fingerprint density at radius 1 is 1.00 bits per heavy atom. The lowest BCUT2D eigenvalue weighted by Gasteiger charge is -2.06. The molecule has 0 aromatic heterocycles. The molecule has 2 aromatic carbocycles. The van der Waals surface area contributed by atoms with E-state index >= 15 is 0 Å². The maximum absolute atomic E-state index is 11.7. The Bertz CT molecular complexity index is 656. The molecule has 0 aliphatic rings. The van der Waals surface area contributed by atoms with E-state index in [2.05, 4.69) is 42.5 Å². The summed E-state index contributed by atoms with van der Waals surface area (Å²) in [5, 5.41) is 5.48. The van der Waals surface area contributed by atoms with Gasteiger partial charge in [-0.25, -0.2) is 4.79 Å². The number of urea groups is 1. The zero-order chi connectivity index (χ0) is 15.1. The molecule has 3 nitrogen and oxygen atoms in total. The summed E-state index contributed by atoms with van der Waals surface area (Å²) in [4.78, 5) is 11.7. The van der Waals surface area contributed by atoms with E-state index in [4.69, 9.17) is 0 Å². The molecule has 5 heteroatoms. The molecule has 0 saturated carbocycles. The van der Waals surface area contributed by atoms with Gasteiger partial charge in [0.05, 0.1) is 0 Å². The predicted octanol–water partition coefficient (Wildman–Crippen LogP) is 4.68. The van der Waals surface area contributed by atoms with E-state index in [1.165, 1.54) is 0 Å². The van der Waals surface area contributed by atoms with E-state index in [0.29, 0.717) is 6.54 Å². The number of carbonyl (C=O) groups excluding carboxylic acids is 1. The molecule has 0 saturated heterocycles. The van der Waals surface area contributed by atoms with Gasteiger partial charge in [-0.3, -0.25) is 0 Å². The van der Waals surface area contributed by atoms with Crippen LogP contribution in [0.25, 0.3) is 6.08 Å². The van der Waals surface area contributed by atoms with Crippen LogP contribution >= 0.6 is 31.9 Å². The van der Waals surface area contributed by atoms with Crippen molar-refractivity contribution in [3.63, 3.8) is 0 Å². The number of hydrogen-bond acceptors (Lipinski definition) is 1. The first-order valence-electron chi connectivity index (χ1n) is 6.35. The minimum Gasteiger partial charge on any atom is -0.334 e. The average molecular weight is 410 g/mol. The summed E-state index contributed by atoms with van der Waals surface area (Å²) < 4.78 is 1.96. The molecule has 0 fully saturated rings. The summed E-state index contributed by atoms with van der Waals surface area (Å²) in [5.74, 6) is 0. The van der Waals surface area contributed by atoms with Crippen LogP contribution < -0.4 is 10.6 Å². The summed E-state index contributed by atoms with van der Waals surface area (Å²) >= 11 is 6.89. The van der Waals surface area contributed by atoms with Gasteiger partial charge in [-0.15, -0.1) is 0 Å². The zero-order valence-electron chi connectivity index (χ0n) is 11.1. The number of benzene rings is 2. The third kappa shape index (κ3) is 5.02. The lowest BCUT2D eigenvalue weighted by molar-refractivity contribution is 0.244. The minimum atomic E-state index is -0.242. The Hall–Kier alpha value is -1.59. The van der Waals surface area contributed by atoms with Crippen LogP contribution in [-0.2, 0) is 6.54 Å². The Labute approximate surface area is 140 Å². The monoisotopic (exact) mass is 408 g/mol. The van der Waals surface area contributed by atoms with Crippen LogP contribution in [0.15, 0.2) is 63.7 Å². The van der Waals surface area contributed by atoms with Crippen molar-refractivity contribution in [1.29, 1.82) is 0 Å². The summed E-state index contributed by atoms with van der Waals surface area (Å²) in [5.41, 5.74) is 2.03. The molecule has 2 N–H and O–H groups in total. The number of carbonyl (C=O) groups is 1. The highest BCUT2D eigenvalue weighted by Gasteiger charge is 2.01. The van der Waals surface area contributed by atoms with Gasteiger partial charge < -0.3 is 10.6 Å². The standard InChI is InChI=1S/C16H14Br2N2O/c17-14-7-3-1-5-12(14)9-10-19-16(21)20-11-13-6-2-4-8-15(13)18/h1-10H,11H2,(H2,19,20,21)/b10-9+. The van der Waals surface area contributed by atoms with Crippen LogP contribution in [0, 0.1) is 0 Å². The molecule has 0 radical (unpaired) electrons. The largest absolute Gasteiger partial charge is 0.334 e. The molecular formula is C16H14Br2N2O. The lowest BCUT2D eigenvalue weighted by atomic mass is 10.2. The lowest BCUT2D eigenvalue weighted by Crippen LogP contribution is -2.31. The number of rotatable bonds is 4. The van der Waals surface area contributed by atoms with Crippen LogP contribution in [0.5, 0.6) is 0 Å². The second-order valence-electron chi connectivity index (χ2n) is 4.27. The molecular weight excluding hydrogens is 396 g/mol. The van der Waals surface area contributed by atoms with Crippen molar-refractivity contribution in [2.75, 3.05) is 0 Å². The summed E-state index contributed by atoms with van der Waals surface area (Å²) in [6.07, 6.45) is 3.46. The van der Waals surface area contributed by atoms with E-state index in [0.717, 1.165) is 20.1 Å². The van der Waals surface area contributed by atoms with Gasteiger partial charge in [-0.1, -0.05) is 68.3 Å². The van der Waals surface area contributed by atoms with Crippen molar-refractivity contribution in [3.8, 4) is 0 Å². The van der Waals surface area contributed by atoms with Gasteiger partial charge in [0.2, 0.25) is 0 Å². The maximum Gasteiger partial charge on any atom is 0.319 e. The smallest absolute Gasteiger partial charge is 0.319 e. The van der Waals surface area contributed by atoms with Gasteiger partial charge in [0.25, 0.3) is 0 Å². The summed E-state index contributed by atoms with van der Waals surface area (Å²) in [6, 6.07) is 15.3. The topological polar surface area (TPSA) is 41.1 Å². The van der Waals surface area contributed by atoms with Gasteiger partial charge in [-0.05, 0) is 29.3 Å². The number of hydrogen-bond donors (Lipinski definition) is 2. The van der Waals surface area contributed by atoms with Gasteiger partial charge in [0.15, 0.2) is 0 Å².